The molecule has 0 aliphatic carbocycles. The van der Waals surface area contributed by atoms with Crippen molar-refractivity contribution in [2.75, 3.05) is 7.11 Å². The molecule has 150 valence electrons. The number of benzene rings is 2. The van der Waals surface area contributed by atoms with Gasteiger partial charge in [-0.3, -0.25) is 9.59 Å². The van der Waals surface area contributed by atoms with E-state index in [4.69, 9.17) is 9.47 Å². The summed E-state index contributed by atoms with van der Waals surface area (Å²) >= 11 is 8.04. The Kier molecular flexibility index (Phi) is 7.15. The number of aliphatic imine (C=N–C) groups is 1. The molecule has 1 heterocycles. The number of hydrogen-bond donors (Lipinski definition) is 1. The summed E-state index contributed by atoms with van der Waals surface area (Å²) in [5.74, 6) is 0.423. The summed E-state index contributed by atoms with van der Waals surface area (Å²) in [5.41, 5.74) is 1.75. The lowest BCUT2D eigenvalue weighted by molar-refractivity contribution is -0.117. The van der Waals surface area contributed by atoms with Gasteiger partial charge in [0, 0.05) is 11.4 Å². The van der Waals surface area contributed by atoms with Gasteiger partial charge < -0.3 is 14.8 Å². The van der Waals surface area contributed by atoms with Crippen LogP contribution >= 0.6 is 43.6 Å². The number of halogens is 2. The molecule has 2 amide bonds. The van der Waals surface area contributed by atoms with E-state index in [0.29, 0.717) is 27.5 Å². The minimum Gasteiger partial charge on any atom is -0.493 e. The zero-order valence-electron chi connectivity index (χ0n) is 15.5. The third kappa shape index (κ3) is 5.71. The van der Waals surface area contributed by atoms with E-state index >= 15 is 0 Å². The van der Waals surface area contributed by atoms with Crippen LogP contribution in [0.3, 0.4) is 0 Å². The lowest BCUT2D eigenvalue weighted by atomic mass is 10.2. The first-order valence-corrected chi connectivity index (χ1v) is 10.8. The van der Waals surface area contributed by atoms with Crippen LogP contribution in [-0.2, 0) is 16.2 Å². The van der Waals surface area contributed by atoms with E-state index in [2.05, 4.69) is 42.2 Å². The minimum atomic E-state index is -0.399. The Morgan fingerprint density at radius 3 is 2.62 bits per heavy atom. The summed E-state index contributed by atoms with van der Waals surface area (Å²) in [6.07, 6.45) is 1.69. The van der Waals surface area contributed by atoms with Crippen molar-refractivity contribution in [1.29, 1.82) is 0 Å². The molecule has 1 N–H and O–H groups in total. The number of rotatable bonds is 5. The van der Waals surface area contributed by atoms with Gasteiger partial charge in [-0.05, 0) is 69.2 Å². The van der Waals surface area contributed by atoms with E-state index in [-0.39, 0.29) is 11.1 Å². The Labute approximate surface area is 189 Å². The van der Waals surface area contributed by atoms with Crippen LogP contribution in [0.4, 0.5) is 0 Å². The maximum atomic E-state index is 12.1. The molecule has 0 saturated heterocycles. The van der Waals surface area contributed by atoms with Crippen LogP contribution in [0.25, 0.3) is 6.08 Å². The summed E-state index contributed by atoms with van der Waals surface area (Å²) in [7, 11) is 1.55. The molecule has 3 rings (SSSR count). The lowest BCUT2D eigenvalue weighted by Crippen LogP contribution is -2.23. The molecule has 0 radical (unpaired) electrons. The fourth-order valence-corrected chi connectivity index (χ4v) is 4.16. The number of carbonyl (C=O) groups excluding carboxylic acids is 2. The zero-order chi connectivity index (χ0) is 21.0. The average molecular weight is 540 g/mol. The van der Waals surface area contributed by atoms with Crippen molar-refractivity contribution in [2.24, 2.45) is 4.99 Å². The standard InChI is InChI=1S/C20H16Br2N2O4S/c1-11(25)23-20-24-19(26)17(29-20)9-13-7-15(22)18(16(8-13)27-2)28-10-12-3-5-14(21)6-4-12/h3-9H,10H2,1-2H3,(H,23,24,25,26)/b17-9-. The third-order valence-corrected chi connectivity index (χ3v) is 5.77. The van der Waals surface area contributed by atoms with Crippen molar-refractivity contribution in [3.8, 4) is 11.5 Å². The predicted molar refractivity (Wildman–Crippen MR) is 121 cm³/mol. The van der Waals surface area contributed by atoms with Gasteiger partial charge >= 0.3 is 0 Å². The molecular weight excluding hydrogens is 524 g/mol. The molecule has 2 aromatic rings. The minimum absolute atomic E-state index is 0.272. The normalized spacial score (nSPS) is 14.7. The number of hydrogen-bond acceptors (Lipinski definition) is 5. The van der Waals surface area contributed by atoms with E-state index in [1.165, 1.54) is 6.92 Å². The zero-order valence-corrected chi connectivity index (χ0v) is 19.5. The molecule has 29 heavy (non-hydrogen) atoms. The number of nitrogens with zero attached hydrogens (tertiary/aromatic N) is 1. The number of thioether (sulfide) groups is 1. The summed E-state index contributed by atoms with van der Waals surface area (Å²) in [6, 6.07) is 11.5. The van der Waals surface area contributed by atoms with E-state index < -0.39 is 5.91 Å². The quantitative estimate of drug-likeness (QED) is 0.546. The second-order valence-corrected chi connectivity index (χ2v) is 8.76. The van der Waals surface area contributed by atoms with E-state index in [1.807, 2.05) is 30.3 Å². The largest absolute Gasteiger partial charge is 0.493 e. The molecule has 0 aromatic heterocycles. The highest BCUT2D eigenvalue weighted by molar-refractivity contribution is 9.10. The molecule has 0 unspecified atom stereocenters. The fraction of sp³-hybridized carbons (Fsp3) is 0.150. The number of amidine groups is 1. The van der Waals surface area contributed by atoms with Crippen molar-refractivity contribution in [1.82, 2.24) is 5.32 Å². The molecule has 0 fully saturated rings. The van der Waals surface area contributed by atoms with Crippen molar-refractivity contribution < 1.29 is 19.1 Å². The third-order valence-electron chi connectivity index (χ3n) is 3.75. The van der Waals surface area contributed by atoms with Crippen LogP contribution in [-0.4, -0.2) is 24.1 Å². The Morgan fingerprint density at radius 2 is 1.97 bits per heavy atom. The first-order valence-electron chi connectivity index (χ1n) is 8.40. The molecule has 1 aliphatic rings. The first kappa shape index (κ1) is 21.6. The monoisotopic (exact) mass is 538 g/mol. The highest BCUT2D eigenvalue weighted by atomic mass is 79.9. The molecule has 0 spiro atoms. The topological polar surface area (TPSA) is 77.0 Å². The van der Waals surface area contributed by atoms with Crippen molar-refractivity contribution in [2.45, 2.75) is 13.5 Å². The van der Waals surface area contributed by atoms with Gasteiger partial charge in [0.1, 0.15) is 6.61 Å². The van der Waals surface area contributed by atoms with E-state index in [0.717, 1.165) is 27.4 Å². The highest BCUT2D eigenvalue weighted by Gasteiger charge is 2.23. The smallest absolute Gasteiger partial charge is 0.286 e. The van der Waals surface area contributed by atoms with Gasteiger partial charge in [-0.25, -0.2) is 0 Å². The van der Waals surface area contributed by atoms with Crippen molar-refractivity contribution in [3.63, 3.8) is 0 Å². The van der Waals surface area contributed by atoms with Gasteiger partial charge in [-0.15, -0.1) is 0 Å². The molecule has 0 bridgehead atoms. The Morgan fingerprint density at radius 1 is 1.24 bits per heavy atom. The van der Waals surface area contributed by atoms with Gasteiger partial charge in [0.15, 0.2) is 16.7 Å². The number of amides is 2. The average Bonchev–Trinajstić information content (AvgIpc) is 2.99. The van der Waals surface area contributed by atoms with Crippen LogP contribution in [0, 0.1) is 0 Å². The Hall–Kier alpha value is -2.10. The molecular formula is C20H16Br2N2O4S. The highest BCUT2D eigenvalue weighted by Crippen LogP contribution is 2.38. The maximum Gasteiger partial charge on any atom is 0.286 e. The second-order valence-electron chi connectivity index (χ2n) is 5.96. The van der Waals surface area contributed by atoms with Gasteiger partial charge in [-0.2, -0.15) is 4.99 Å². The molecule has 1 aliphatic heterocycles. The molecule has 9 heteroatoms. The van der Waals surface area contributed by atoms with E-state index in [9.17, 15) is 9.59 Å². The van der Waals surface area contributed by atoms with Crippen LogP contribution < -0.4 is 14.8 Å². The summed E-state index contributed by atoms with van der Waals surface area (Å²) in [4.78, 5) is 27.4. The summed E-state index contributed by atoms with van der Waals surface area (Å²) in [6.45, 7) is 1.75. The molecule has 6 nitrogen and oxygen atoms in total. The number of ether oxygens (including phenoxy) is 2. The van der Waals surface area contributed by atoms with Crippen LogP contribution in [0.5, 0.6) is 11.5 Å². The second kappa shape index (κ2) is 9.60. The summed E-state index contributed by atoms with van der Waals surface area (Å²) in [5, 5.41) is 2.79. The lowest BCUT2D eigenvalue weighted by Gasteiger charge is -2.14. The van der Waals surface area contributed by atoms with Crippen molar-refractivity contribution in [3.05, 3.63) is 61.4 Å². The van der Waals surface area contributed by atoms with Gasteiger partial charge in [0.2, 0.25) is 5.91 Å². The SMILES string of the molecule is COc1cc(/C=C2\SC(NC(C)=O)=NC2=O)cc(Br)c1OCc1ccc(Br)cc1. The molecule has 2 aromatic carbocycles. The van der Waals surface area contributed by atoms with Crippen LogP contribution in [0.15, 0.2) is 55.2 Å². The van der Waals surface area contributed by atoms with Gasteiger partial charge in [-0.1, -0.05) is 28.1 Å². The van der Waals surface area contributed by atoms with Gasteiger partial charge in [0.05, 0.1) is 16.5 Å². The van der Waals surface area contributed by atoms with Crippen LogP contribution in [0.1, 0.15) is 18.1 Å². The van der Waals surface area contributed by atoms with Crippen LogP contribution in [0.2, 0.25) is 0 Å². The molecule has 0 atom stereocenters. The number of methoxy groups -OCH3 is 1. The Balaban J connectivity index is 1.79. The fourth-order valence-electron chi connectivity index (χ4n) is 2.46. The first-order chi connectivity index (χ1) is 13.9. The molecule has 0 saturated carbocycles. The predicted octanol–water partition coefficient (Wildman–Crippen LogP) is 4.91. The number of nitrogens with one attached hydrogen (secondary N) is 1. The van der Waals surface area contributed by atoms with Gasteiger partial charge in [0.25, 0.3) is 5.91 Å². The number of carbonyl (C=O) groups is 2. The maximum absolute atomic E-state index is 12.1. The Bertz CT molecular complexity index is 1020. The summed E-state index contributed by atoms with van der Waals surface area (Å²) < 4.78 is 13.1. The van der Waals surface area contributed by atoms with E-state index in [1.54, 1.807) is 19.3 Å². The van der Waals surface area contributed by atoms with Crippen molar-refractivity contribution >= 4 is 66.7 Å².